The van der Waals surface area contributed by atoms with E-state index in [9.17, 15) is 4.39 Å². The van der Waals surface area contributed by atoms with Crippen molar-refractivity contribution in [1.82, 2.24) is 29.9 Å². The summed E-state index contributed by atoms with van der Waals surface area (Å²) in [4.78, 5) is 4.26. The molecule has 1 unspecified atom stereocenters. The molecule has 3 aromatic heterocycles. The number of methoxy groups -OCH3 is 2. The number of H-pyrrole nitrogens is 2. The number of aromatic nitrogens is 6. The lowest BCUT2D eigenvalue weighted by Crippen LogP contribution is -2.02. The van der Waals surface area contributed by atoms with Gasteiger partial charge in [0.25, 0.3) is 0 Å². The van der Waals surface area contributed by atoms with E-state index in [1.165, 1.54) is 14.2 Å². The molecule has 0 amide bonds. The molecular formula is C18H17ClF2N6O2. The van der Waals surface area contributed by atoms with Crippen LogP contribution in [0.2, 0.25) is 5.02 Å². The van der Waals surface area contributed by atoms with E-state index in [0.29, 0.717) is 22.2 Å². The van der Waals surface area contributed by atoms with E-state index in [1.54, 1.807) is 30.1 Å². The summed E-state index contributed by atoms with van der Waals surface area (Å²) in [6.45, 7) is -0.167. The highest BCUT2D eigenvalue weighted by Crippen LogP contribution is 2.44. The molecule has 3 heterocycles. The van der Waals surface area contributed by atoms with Gasteiger partial charge in [-0.15, -0.1) is 0 Å². The zero-order valence-corrected chi connectivity index (χ0v) is 16.5. The molecule has 0 saturated heterocycles. The van der Waals surface area contributed by atoms with Crippen LogP contribution in [0, 0.1) is 5.82 Å². The SMILES string of the molecule is COCC(F)c1nc(-c2c(-c3cn[nH]c3)c3cc(OC)c(Cl)c(F)c3n2C)n[nH]1. The number of benzene rings is 1. The van der Waals surface area contributed by atoms with Gasteiger partial charge in [-0.2, -0.15) is 10.2 Å². The first kappa shape index (κ1) is 19.3. The molecule has 0 spiro atoms. The smallest absolute Gasteiger partial charge is 0.198 e. The van der Waals surface area contributed by atoms with Crippen molar-refractivity contribution in [3.63, 3.8) is 0 Å². The first-order valence-electron chi connectivity index (χ1n) is 8.57. The van der Waals surface area contributed by atoms with E-state index in [-0.39, 0.29) is 34.5 Å². The van der Waals surface area contributed by atoms with Crippen molar-refractivity contribution in [1.29, 1.82) is 0 Å². The van der Waals surface area contributed by atoms with E-state index in [1.807, 2.05) is 0 Å². The van der Waals surface area contributed by atoms with E-state index in [2.05, 4.69) is 25.4 Å². The standard InChI is InChI=1S/C18H17ClF2N6O2/c1-27-15-9(4-11(29-3)13(19)14(15)21)12(8-5-22-23-6-8)16(27)18-24-17(25-26-18)10(20)7-28-2/h4-6,10H,7H2,1-3H3,(H,22,23)(H,24,25,26). The van der Waals surface area contributed by atoms with Gasteiger partial charge in [-0.1, -0.05) is 11.6 Å². The summed E-state index contributed by atoms with van der Waals surface area (Å²) in [5.41, 5.74) is 1.99. The molecule has 11 heteroatoms. The van der Waals surface area contributed by atoms with Crippen LogP contribution in [0.1, 0.15) is 12.0 Å². The first-order chi connectivity index (χ1) is 14.0. The third-order valence-electron chi connectivity index (χ3n) is 4.66. The van der Waals surface area contributed by atoms with Crippen molar-refractivity contribution in [3.05, 3.63) is 35.1 Å². The van der Waals surface area contributed by atoms with Crippen molar-refractivity contribution in [2.75, 3.05) is 20.8 Å². The molecule has 0 saturated carbocycles. The number of nitrogens with one attached hydrogen (secondary N) is 2. The molecule has 0 aliphatic rings. The average Bonchev–Trinajstić information content (AvgIpc) is 3.43. The minimum Gasteiger partial charge on any atom is -0.495 e. The maximum Gasteiger partial charge on any atom is 0.198 e. The fourth-order valence-corrected chi connectivity index (χ4v) is 3.58. The molecule has 29 heavy (non-hydrogen) atoms. The average molecular weight is 423 g/mol. The molecule has 0 radical (unpaired) electrons. The van der Waals surface area contributed by atoms with Crippen LogP contribution in [0.5, 0.6) is 5.75 Å². The number of nitrogens with zero attached hydrogens (tertiary/aromatic N) is 4. The second-order valence-corrected chi connectivity index (χ2v) is 6.72. The van der Waals surface area contributed by atoms with Crippen LogP contribution in [0.25, 0.3) is 33.5 Å². The van der Waals surface area contributed by atoms with E-state index < -0.39 is 12.0 Å². The van der Waals surface area contributed by atoms with E-state index in [4.69, 9.17) is 21.1 Å². The maximum absolute atomic E-state index is 15.1. The predicted octanol–water partition coefficient (Wildman–Crippen LogP) is 3.81. The Labute approximate surface area is 168 Å². The Bertz CT molecular complexity index is 1170. The summed E-state index contributed by atoms with van der Waals surface area (Å²) in [6.07, 6.45) is 1.78. The number of alkyl halides is 1. The Morgan fingerprint density at radius 1 is 1.34 bits per heavy atom. The fourth-order valence-electron chi connectivity index (χ4n) is 3.35. The number of hydrogen-bond acceptors (Lipinski definition) is 5. The van der Waals surface area contributed by atoms with Crippen molar-refractivity contribution >= 4 is 22.5 Å². The number of hydrogen-bond donors (Lipinski definition) is 2. The van der Waals surface area contributed by atoms with Crippen molar-refractivity contribution < 1.29 is 18.3 Å². The van der Waals surface area contributed by atoms with Crippen LogP contribution in [0.4, 0.5) is 8.78 Å². The van der Waals surface area contributed by atoms with Gasteiger partial charge in [-0.25, -0.2) is 13.8 Å². The van der Waals surface area contributed by atoms with E-state index in [0.717, 1.165) is 0 Å². The van der Waals surface area contributed by atoms with Crippen LogP contribution in [0.3, 0.4) is 0 Å². The van der Waals surface area contributed by atoms with Crippen LogP contribution in [-0.4, -0.2) is 50.8 Å². The van der Waals surface area contributed by atoms with Gasteiger partial charge in [0.15, 0.2) is 23.6 Å². The summed E-state index contributed by atoms with van der Waals surface area (Å²) < 4.78 is 40.9. The molecular weight excluding hydrogens is 406 g/mol. The second-order valence-electron chi connectivity index (χ2n) is 6.34. The Morgan fingerprint density at radius 3 is 2.79 bits per heavy atom. The lowest BCUT2D eigenvalue weighted by molar-refractivity contribution is 0.120. The van der Waals surface area contributed by atoms with Gasteiger partial charge in [-0.3, -0.25) is 10.2 Å². The predicted molar refractivity (Wildman–Crippen MR) is 103 cm³/mol. The number of aromatic amines is 2. The summed E-state index contributed by atoms with van der Waals surface area (Å²) in [6, 6.07) is 1.64. The monoisotopic (exact) mass is 422 g/mol. The number of ether oxygens (including phenoxy) is 2. The molecule has 1 atom stereocenters. The van der Waals surface area contributed by atoms with Crippen LogP contribution in [0.15, 0.2) is 18.5 Å². The zero-order chi connectivity index (χ0) is 20.7. The van der Waals surface area contributed by atoms with Gasteiger partial charge in [0, 0.05) is 36.9 Å². The highest BCUT2D eigenvalue weighted by atomic mass is 35.5. The minimum absolute atomic E-state index is 0.0151. The molecule has 0 fully saturated rings. The summed E-state index contributed by atoms with van der Waals surface area (Å²) in [5.74, 6) is -0.236. The molecule has 152 valence electrons. The quantitative estimate of drug-likeness (QED) is 0.492. The Kier molecular flexibility index (Phi) is 4.97. The van der Waals surface area contributed by atoms with Gasteiger partial charge in [0.2, 0.25) is 0 Å². The molecule has 0 aliphatic heterocycles. The van der Waals surface area contributed by atoms with E-state index >= 15 is 4.39 Å². The number of halogens is 3. The van der Waals surface area contributed by atoms with Gasteiger partial charge < -0.3 is 14.0 Å². The van der Waals surface area contributed by atoms with Gasteiger partial charge in [0.1, 0.15) is 10.8 Å². The molecule has 0 aliphatic carbocycles. The van der Waals surface area contributed by atoms with Crippen molar-refractivity contribution in [2.24, 2.45) is 7.05 Å². The maximum atomic E-state index is 15.1. The summed E-state index contributed by atoms with van der Waals surface area (Å²) in [7, 11) is 4.46. The largest absolute Gasteiger partial charge is 0.495 e. The third-order valence-corrected chi connectivity index (χ3v) is 5.01. The number of rotatable bonds is 6. The van der Waals surface area contributed by atoms with Gasteiger partial charge >= 0.3 is 0 Å². The second kappa shape index (κ2) is 7.45. The van der Waals surface area contributed by atoms with Gasteiger partial charge in [0.05, 0.1) is 31.1 Å². The lowest BCUT2D eigenvalue weighted by atomic mass is 10.0. The van der Waals surface area contributed by atoms with Crippen molar-refractivity contribution in [2.45, 2.75) is 6.17 Å². The van der Waals surface area contributed by atoms with Crippen molar-refractivity contribution in [3.8, 4) is 28.4 Å². The molecule has 0 bridgehead atoms. The lowest BCUT2D eigenvalue weighted by Gasteiger charge is -2.06. The Morgan fingerprint density at radius 2 is 2.14 bits per heavy atom. The molecule has 4 rings (SSSR count). The zero-order valence-electron chi connectivity index (χ0n) is 15.8. The highest BCUT2D eigenvalue weighted by Gasteiger charge is 2.27. The summed E-state index contributed by atoms with van der Waals surface area (Å²) >= 11 is 6.12. The number of aryl methyl sites for hydroxylation is 1. The van der Waals surface area contributed by atoms with Crippen LogP contribution >= 0.6 is 11.6 Å². The van der Waals surface area contributed by atoms with Gasteiger partial charge in [-0.05, 0) is 6.07 Å². The Balaban J connectivity index is 2.03. The molecule has 1 aromatic carbocycles. The third kappa shape index (κ3) is 3.04. The van der Waals surface area contributed by atoms with Crippen LogP contribution < -0.4 is 4.74 Å². The highest BCUT2D eigenvalue weighted by molar-refractivity contribution is 6.33. The topological polar surface area (TPSA) is 93.6 Å². The molecule has 4 aromatic rings. The fraction of sp³-hybridized carbons (Fsp3) is 0.278. The molecule has 2 N–H and O–H groups in total. The first-order valence-corrected chi connectivity index (χ1v) is 8.94. The minimum atomic E-state index is -1.47. The summed E-state index contributed by atoms with van der Waals surface area (Å²) in [5, 5.41) is 13.8. The van der Waals surface area contributed by atoms with Crippen LogP contribution in [-0.2, 0) is 11.8 Å². The molecule has 8 nitrogen and oxygen atoms in total. The number of fused-ring (bicyclic) bond motifs is 1. The normalized spacial score (nSPS) is 12.6. The Hall–Kier alpha value is -2.98.